The molecule has 18 heavy (non-hydrogen) atoms. The molecule has 0 unspecified atom stereocenters. The molecule has 0 aromatic heterocycles. The Hall–Kier alpha value is -1.57. The SMILES string of the molecule is [Se]=C(NCc1ccccc1)NCc1ccccc1. The first-order valence-electron chi connectivity index (χ1n) is 5.94. The molecular formula is C15H16N2Se. The minimum absolute atomic E-state index is 0.824. The van der Waals surface area contributed by atoms with Gasteiger partial charge in [-0.2, -0.15) is 0 Å². The van der Waals surface area contributed by atoms with E-state index in [4.69, 9.17) is 0 Å². The Bertz CT molecular complexity index is 437. The fourth-order valence-electron chi connectivity index (χ4n) is 1.62. The number of benzene rings is 2. The van der Waals surface area contributed by atoms with Crippen molar-refractivity contribution in [2.75, 3.05) is 0 Å². The van der Waals surface area contributed by atoms with E-state index in [9.17, 15) is 0 Å². The Morgan fingerprint density at radius 1 is 0.722 bits per heavy atom. The molecule has 0 saturated heterocycles. The van der Waals surface area contributed by atoms with Gasteiger partial charge < -0.3 is 0 Å². The van der Waals surface area contributed by atoms with Crippen molar-refractivity contribution >= 4 is 20.2 Å². The molecule has 2 N–H and O–H groups in total. The summed E-state index contributed by atoms with van der Waals surface area (Å²) < 4.78 is 0.975. The molecule has 0 spiro atoms. The molecule has 2 rings (SSSR count). The van der Waals surface area contributed by atoms with Gasteiger partial charge in [-0.15, -0.1) is 0 Å². The summed E-state index contributed by atoms with van der Waals surface area (Å²) in [4.78, 5) is 0. The van der Waals surface area contributed by atoms with Gasteiger partial charge in [0.2, 0.25) is 0 Å². The fourth-order valence-corrected chi connectivity index (χ4v) is 1.92. The van der Waals surface area contributed by atoms with Crippen LogP contribution in [0.2, 0.25) is 0 Å². The number of hydrogen-bond donors (Lipinski definition) is 2. The van der Waals surface area contributed by atoms with E-state index in [-0.39, 0.29) is 0 Å². The Balaban J connectivity index is 1.73. The summed E-state index contributed by atoms with van der Waals surface area (Å²) >= 11 is 3.01. The molecule has 3 heteroatoms. The van der Waals surface area contributed by atoms with Gasteiger partial charge in [-0.05, 0) is 0 Å². The van der Waals surface area contributed by atoms with Gasteiger partial charge in [-0.1, -0.05) is 0 Å². The van der Waals surface area contributed by atoms with Crippen LogP contribution in [0.3, 0.4) is 0 Å². The van der Waals surface area contributed by atoms with Crippen molar-refractivity contribution in [1.29, 1.82) is 0 Å². The van der Waals surface area contributed by atoms with Crippen LogP contribution in [0.5, 0.6) is 0 Å². The van der Waals surface area contributed by atoms with Crippen LogP contribution < -0.4 is 10.6 Å². The third-order valence-electron chi connectivity index (χ3n) is 2.59. The molecule has 0 heterocycles. The zero-order valence-corrected chi connectivity index (χ0v) is 11.8. The van der Waals surface area contributed by atoms with E-state index in [1.807, 2.05) is 36.4 Å². The fraction of sp³-hybridized carbons (Fsp3) is 0.133. The van der Waals surface area contributed by atoms with Crippen LogP contribution in [0, 0.1) is 0 Å². The van der Waals surface area contributed by atoms with Crippen molar-refractivity contribution in [2.45, 2.75) is 13.1 Å². The molecular weight excluding hydrogens is 287 g/mol. The van der Waals surface area contributed by atoms with Gasteiger partial charge in [0.05, 0.1) is 0 Å². The van der Waals surface area contributed by atoms with Gasteiger partial charge in [-0.25, -0.2) is 0 Å². The topological polar surface area (TPSA) is 24.1 Å². The zero-order chi connectivity index (χ0) is 12.6. The summed E-state index contributed by atoms with van der Waals surface area (Å²) in [6.07, 6.45) is 0. The predicted molar refractivity (Wildman–Crippen MR) is 77.3 cm³/mol. The normalized spacial score (nSPS) is 9.78. The molecule has 0 amide bonds. The maximum atomic E-state index is 3.32. The Kier molecular flexibility index (Phi) is 5.00. The van der Waals surface area contributed by atoms with Crippen LogP contribution in [0.1, 0.15) is 11.1 Å². The standard InChI is InChI=1S/C15H16N2Se/c18-15(16-11-13-7-3-1-4-8-13)17-12-14-9-5-2-6-10-14/h1-10H,11-12H2,(H2,16,17,18). The molecule has 0 aliphatic carbocycles. The van der Waals surface area contributed by atoms with Gasteiger partial charge in [-0.3, -0.25) is 0 Å². The molecule has 92 valence electrons. The van der Waals surface area contributed by atoms with E-state index < -0.39 is 0 Å². The number of nitrogens with one attached hydrogen (secondary N) is 2. The first kappa shape index (κ1) is 12.9. The van der Waals surface area contributed by atoms with Gasteiger partial charge in [0.15, 0.2) is 0 Å². The summed E-state index contributed by atoms with van der Waals surface area (Å²) in [6.45, 7) is 1.65. The van der Waals surface area contributed by atoms with Gasteiger partial charge in [0.1, 0.15) is 0 Å². The zero-order valence-electron chi connectivity index (χ0n) is 10.1. The molecule has 2 aromatic rings. The first-order valence-corrected chi connectivity index (χ1v) is 6.80. The van der Waals surface area contributed by atoms with Crippen molar-refractivity contribution < 1.29 is 0 Å². The van der Waals surface area contributed by atoms with Crippen molar-refractivity contribution in [3.8, 4) is 0 Å². The van der Waals surface area contributed by atoms with Crippen molar-refractivity contribution in [2.24, 2.45) is 0 Å². The van der Waals surface area contributed by atoms with Crippen LogP contribution in [0.15, 0.2) is 60.7 Å². The van der Waals surface area contributed by atoms with Crippen LogP contribution in [-0.2, 0) is 13.1 Å². The summed E-state index contributed by atoms with van der Waals surface area (Å²) in [6, 6.07) is 20.7. The van der Waals surface area contributed by atoms with E-state index in [1.165, 1.54) is 11.1 Å². The Morgan fingerprint density at radius 2 is 1.11 bits per heavy atom. The van der Waals surface area contributed by atoms with Gasteiger partial charge >= 0.3 is 116 Å². The van der Waals surface area contributed by atoms with Crippen LogP contribution >= 0.6 is 0 Å². The van der Waals surface area contributed by atoms with E-state index in [0.717, 1.165) is 17.8 Å². The molecule has 0 aliphatic rings. The molecule has 0 saturated carbocycles. The van der Waals surface area contributed by atoms with E-state index >= 15 is 0 Å². The second-order valence-corrected chi connectivity index (χ2v) is 4.86. The molecule has 0 aliphatic heterocycles. The molecule has 2 aromatic carbocycles. The molecule has 0 atom stereocenters. The Labute approximate surface area is 116 Å². The van der Waals surface area contributed by atoms with Gasteiger partial charge in [0, 0.05) is 0 Å². The quantitative estimate of drug-likeness (QED) is 0.796. The van der Waals surface area contributed by atoms with Gasteiger partial charge in [0.25, 0.3) is 0 Å². The van der Waals surface area contributed by atoms with Crippen molar-refractivity contribution in [3.05, 3.63) is 71.8 Å². The summed E-state index contributed by atoms with van der Waals surface area (Å²) in [5.41, 5.74) is 2.54. The van der Waals surface area contributed by atoms with E-state index in [1.54, 1.807) is 0 Å². The molecule has 2 nitrogen and oxygen atoms in total. The monoisotopic (exact) mass is 304 g/mol. The minimum atomic E-state index is 0.824. The van der Waals surface area contributed by atoms with E-state index in [2.05, 4.69) is 50.5 Å². The Morgan fingerprint density at radius 3 is 1.50 bits per heavy atom. The average Bonchev–Trinajstić information content (AvgIpc) is 2.45. The second-order valence-electron chi connectivity index (χ2n) is 4.01. The second kappa shape index (κ2) is 7.00. The third kappa shape index (κ3) is 4.36. The average molecular weight is 303 g/mol. The third-order valence-corrected chi connectivity index (χ3v) is 3.20. The number of hydrogen-bond acceptors (Lipinski definition) is 2. The number of rotatable bonds is 6. The first-order chi connectivity index (χ1) is 8.84. The van der Waals surface area contributed by atoms with Crippen molar-refractivity contribution in [1.82, 2.24) is 10.6 Å². The summed E-state index contributed by atoms with van der Waals surface area (Å²) in [5, 5.41) is 6.64. The molecule has 0 bridgehead atoms. The van der Waals surface area contributed by atoms with Crippen LogP contribution in [-0.4, -0.2) is 20.2 Å². The van der Waals surface area contributed by atoms with Crippen LogP contribution in [0.25, 0.3) is 0 Å². The van der Waals surface area contributed by atoms with Crippen molar-refractivity contribution in [3.63, 3.8) is 0 Å². The maximum absolute atomic E-state index is 3.32. The summed E-state index contributed by atoms with van der Waals surface area (Å²) in [7, 11) is 0. The van der Waals surface area contributed by atoms with Crippen LogP contribution in [0.4, 0.5) is 0 Å². The van der Waals surface area contributed by atoms with E-state index in [0.29, 0.717) is 0 Å². The molecule has 0 fully saturated rings. The predicted octanol–water partition coefficient (Wildman–Crippen LogP) is 1.82. The molecule has 0 radical (unpaired) electrons. The summed E-state index contributed by atoms with van der Waals surface area (Å²) in [5.74, 6) is 0.